The number of ether oxygens (including phenoxy) is 1. The van der Waals surface area contributed by atoms with Gasteiger partial charge in [-0.05, 0) is 6.92 Å². The van der Waals surface area contributed by atoms with Crippen LogP contribution in [-0.4, -0.2) is 41.3 Å². The van der Waals surface area contributed by atoms with E-state index in [2.05, 4.69) is 15.5 Å². The van der Waals surface area contributed by atoms with Crippen LogP contribution in [0.15, 0.2) is 0 Å². The summed E-state index contributed by atoms with van der Waals surface area (Å²) in [4.78, 5) is 11.4. The molecule has 0 aliphatic rings. The van der Waals surface area contributed by atoms with Crippen LogP contribution in [-0.2, 0) is 9.53 Å². The highest BCUT2D eigenvalue weighted by atomic mass is 32.2. The summed E-state index contributed by atoms with van der Waals surface area (Å²) in [6.45, 7) is 2.51. The molecule has 0 saturated heterocycles. The number of methoxy groups -OCH3 is 1. The molecule has 0 unspecified atom stereocenters. The molecular weight excluding hydrogens is 234 g/mol. The number of thioether (sulfide) groups is 1. The number of nitrogens with one attached hydrogen (secondary N) is 1. The molecule has 5 nitrogen and oxygen atoms in total. The fourth-order valence-corrected chi connectivity index (χ4v) is 2.10. The fraction of sp³-hybridized carbons (Fsp3) is 0.625. The van der Waals surface area contributed by atoms with Crippen LogP contribution in [0.5, 0.6) is 0 Å². The molecule has 7 heteroatoms. The van der Waals surface area contributed by atoms with Crippen molar-refractivity contribution in [2.75, 3.05) is 30.5 Å². The Kier molecular flexibility index (Phi) is 5.59. The first-order valence-electron chi connectivity index (χ1n) is 4.39. The maximum Gasteiger partial charge on any atom is 0.236 e. The molecule has 1 amide bonds. The summed E-state index contributed by atoms with van der Waals surface area (Å²) in [5.74, 6) is 1.19. The van der Waals surface area contributed by atoms with Crippen LogP contribution in [0.3, 0.4) is 0 Å². The second-order valence-electron chi connectivity index (χ2n) is 2.72. The standard InChI is InChI=1S/C8H13N3O2S2/c1-6-10-11-8(15-6)9-7(12)5-14-4-3-13-2/h3-5H2,1-2H3,(H,9,11,12). The zero-order chi connectivity index (χ0) is 11.1. The van der Waals surface area contributed by atoms with E-state index in [-0.39, 0.29) is 5.91 Å². The fourth-order valence-electron chi connectivity index (χ4n) is 0.810. The van der Waals surface area contributed by atoms with Crippen LogP contribution in [0, 0.1) is 6.92 Å². The molecule has 0 spiro atoms. The summed E-state index contributed by atoms with van der Waals surface area (Å²) in [7, 11) is 1.64. The summed E-state index contributed by atoms with van der Waals surface area (Å²) in [5.41, 5.74) is 0. The highest BCUT2D eigenvalue weighted by molar-refractivity contribution is 7.99. The average Bonchev–Trinajstić information content (AvgIpc) is 2.59. The first-order valence-corrected chi connectivity index (χ1v) is 6.36. The molecule has 0 fully saturated rings. The average molecular weight is 247 g/mol. The van der Waals surface area contributed by atoms with Crippen molar-refractivity contribution in [3.05, 3.63) is 5.01 Å². The van der Waals surface area contributed by atoms with Gasteiger partial charge in [0.1, 0.15) is 5.01 Å². The highest BCUT2D eigenvalue weighted by Crippen LogP contribution is 2.13. The van der Waals surface area contributed by atoms with Crippen molar-refractivity contribution in [2.45, 2.75) is 6.92 Å². The third-order valence-corrected chi connectivity index (χ3v) is 3.11. The molecule has 0 aliphatic heterocycles. The third-order valence-electron chi connectivity index (χ3n) is 1.44. The molecule has 0 aliphatic carbocycles. The zero-order valence-corrected chi connectivity index (χ0v) is 10.3. The van der Waals surface area contributed by atoms with Crippen molar-refractivity contribution in [1.29, 1.82) is 0 Å². The minimum absolute atomic E-state index is 0.0488. The lowest BCUT2D eigenvalue weighted by atomic mass is 10.7. The molecule has 0 saturated carbocycles. The Morgan fingerprint density at radius 3 is 3.00 bits per heavy atom. The van der Waals surface area contributed by atoms with Gasteiger partial charge in [0, 0.05) is 12.9 Å². The largest absolute Gasteiger partial charge is 0.384 e. The normalized spacial score (nSPS) is 10.3. The molecule has 0 atom stereocenters. The maximum absolute atomic E-state index is 11.4. The van der Waals surface area contributed by atoms with Crippen LogP contribution < -0.4 is 5.32 Å². The highest BCUT2D eigenvalue weighted by Gasteiger charge is 2.05. The Labute approximate surface area is 96.6 Å². The van der Waals surface area contributed by atoms with Crippen molar-refractivity contribution in [1.82, 2.24) is 10.2 Å². The molecule has 1 rings (SSSR count). The zero-order valence-electron chi connectivity index (χ0n) is 8.65. The van der Waals surface area contributed by atoms with Gasteiger partial charge in [-0.15, -0.1) is 22.0 Å². The molecule has 1 heterocycles. The third kappa shape index (κ3) is 5.10. The minimum Gasteiger partial charge on any atom is -0.384 e. The SMILES string of the molecule is COCCSCC(=O)Nc1nnc(C)s1. The summed E-state index contributed by atoms with van der Waals surface area (Å²) in [6, 6.07) is 0. The molecular formula is C8H13N3O2S2. The number of amides is 1. The van der Waals surface area contributed by atoms with Gasteiger partial charge in [-0.25, -0.2) is 0 Å². The van der Waals surface area contributed by atoms with Gasteiger partial charge in [0.2, 0.25) is 11.0 Å². The van der Waals surface area contributed by atoms with Gasteiger partial charge in [0.15, 0.2) is 0 Å². The minimum atomic E-state index is -0.0488. The van der Waals surface area contributed by atoms with E-state index in [1.807, 2.05) is 6.92 Å². The molecule has 0 bridgehead atoms. The number of aromatic nitrogens is 2. The van der Waals surface area contributed by atoms with E-state index >= 15 is 0 Å². The Hall–Kier alpha value is -0.660. The van der Waals surface area contributed by atoms with E-state index in [1.54, 1.807) is 7.11 Å². The van der Waals surface area contributed by atoms with Crippen LogP contribution in [0.2, 0.25) is 0 Å². The molecule has 0 aromatic carbocycles. The summed E-state index contributed by atoms with van der Waals surface area (Å²) < 4.78 is 4.87. The number of nitrogens with zero attached hydrogens (tertiary/aromatic N) is 2. The number of anilines is 1. The Bertz CT molecular complexity index is 317. The lowest BCUT2D eigenvalue weighted by Gasteiger charge is -2.00. The van der Waals surface area contributed by atoms with Gasteiger partial charge < -0.3 is 4.74 Å². The van der Waals surface area contributed by atoms with Crippen LogP contribution in [0.25, 0.3) is 0 Å². The van der Waals surface area contributed by atoms with Crippen molar-refractivity contribution in [3.8, 4) is 0 Å². The first kappa shape index (κ1) is 12.4. The van der Waals surface area contributed by atoms with E-state index in [4.69, 9.17) is 4.74 Å². The van der Waals surface area contributed by atoms with Gasteiger partial charge >= 0.3 is 0 Å². The molecule has 0 radical (unpaired) electrons. The van der Waals surface area contributed by atoms with E-state index in [9.17, 15) is 4.79 Å². The van der Waals surface area contributed by atoms with Crippen LogP contribution in [0.1, 0.15) is 5.01 Å². The smallest absolute Gasteiger partial charge is 0.236 e. The Morgan fingerprint density at radius 2 is 2.40 bits per heavy atom. The maximum atomic E-state index is 11.4. The number of carbonyl (C=O) groups excluding carboxylic acids is 1. The van der Waals surface area contributed by atoms with Crippen molar-refractivity contribution >= 4 is 34.1 Å². The second-order valence-corrected chi connectivity index (χ2v) is 5.01. The number of rotatable bonds is 6. The van der Waals surface area contributed by atoms with Crippen molar-refractivity contribution < 1.29 is 9.53 Å². The predicted molar refractivity (Wildman–Crippen MR) is 62.5 cm³/mol. The predicted octanol–water partition coefficient (Wildman–Crippen LogP) is 1.16. The lowest BCUT2D eigenvalue weighted by Crippen LogP contribution is -2.14. The van der Waals surface area contributed by atoms with Crippen LogP contribution >= 0.6 is 23.1 Å². The number of hydrogen-bond donors (Lipinski definition) is 1. The number of aryl methyl sites for hydroxylation is 1. The van der Waals surface area contributed by atoms with Gasteiger partial charge in [-0.1, -0.05) is 11.3 Å². The van der Waals surface area contributed by atoms with Gasteiger partial charge in [-0.3, -0.25) is 10.1 Å². The molecule has 1 aromatic rings. The van der Waals surface area contributed by atoms with E-state index in [0.717, 1.165) is 10.8 Å². The molecule has 84 valence electrons. The molecule has 1 aromatic heterocycles. The second kappa shape index (κ2) is 6.76. The first-order chi connectivity index (χ1) is 7.22. The number of hydrogen-bond acceptors (Lipinski definition) is 6. The van der Waals surface area contributed by atoms with Crippen molar-refractivity contribution in [2.24, 2.45) is 0 Å². The van der Waals surface area contributed by atoms with Gasteiger partial charge in [-0.2, -0.15) is 0 Å². The lowest BCUT2D eigenvalue weighted by molar-refractivity contribution is -0.113. The quantitative estimate of drug-likeness (QED) is 0.764. The molecule has 15 heavy (non-hydrogen) atoms. The van der Waals surface area contributed by atoms with E-state index < -0.39 is 0 Å². The number of carbonyl (C=O) groups is 1. The Balaban J connectivity index is 2.18. The summed E-state index contributed by atoms with van der Waals surface area (Å²) in [5, 5.41) is 11.7. The van der Waals surface area contributed by atoms with Crippen LogP contribution in [0.4, 0.5) is 5.13 Å². The summed E-state index contributed by atoms with van der Waals surface area (Å²) in [6.07, 6.45) is 0. The van der Waals surface area contributed by atoms with Crippen molar-refractivity contribution in [3.63, 3.8) is 0 Å². The monoisotopic (exact) mass is 247 g/mol. The van der Waals surface area contributed by atoms with E-state index in [1.165, 1.54) is 23.1 Å². The van der Waals surface area contributed by atoms with Gasteiger partial charge in [0.05, 0.1) is 12.4 Å². The topological polar surface area (TPSA) is 64.1 Å². The molecule has 1 N–H and O–H groups in total. The van der Waals surface area contributed by atoms with E-state index in [0.29, 0.717) is 17.5 Å². The van der Waals surface area contributed by atoms with Gasteiger partial charge in [0.25, 0.3) is 0 Å². The summed E-state index contributed by atoms with van der Waals surface area (Å²) >= 11 is 2.90. The Morgan fingerprint density at radius 1 is 1.60 bits per heavy atom.